The molecule has 2 N–H and O–H groups in total. The molecule has 0 amide bonds. The van der Waals surface area contributed by atoms with Gasteiger partial charge in [0.25, 0.3) is 0 Å². The van der Waals surface area contributed by atoms with Crippen molar-refractivity contribution in [2.75, 3.05) is 33.0 Å². The van der Waals surface area contributed by atoms with Crippen LogP contribution < -0.4 is 5.73 Å². The van der Waals surface area contributed by atoms with Gasteiger partial charge in [0.1, 0.15) is 0 Å². The van der Waals surface area contributed by atoms with Gasteiger partial charge in [-0.1, -0.05) is 32.6 Å². The number of unbranched alkanes of at least 4 members (excludes halogenated alkanes) is 4. The first-order valence-corrected chi connectivity index (χ1v) is 5.77. The van der Waals surface area contributed by atoms with Crippen molar-refractivity contribution in [3.63, 3.8) is 0 Å². The average molecular weight is 203 g/mol. The molecule has 0 unspecified atom stereocenters. The standard InChI is InChI=1S/C11H25NO2/c1-2-3-4-5-6-8-13-10-11-14-9-7-12/h2-12H2,1H3. The van der Waals surface area contributed by atoms with Crippen LogP contribution in [-0.2, 0) is 9.47 Å². The molecule has 0 aliphatic heterocycles. The van der Waals surface area contributed by atoms with Crippen LogP contribution in [0.15, 0.2) is 0 Å². The third-order valence-electron chi connectivity index (χ3n) is 2.03. The second-order valence-corrected chi connectivity index (χ2v) is 3.43. The molecule has 0 aliphatic carbocycles. The fourth-order valence-electron chi connectivity index (χ4n) is 1.21. The van der Waals surface area contributed by atoms with Gasteiger partial charge >= 0.3 is 0 Å². The Bertz CT molecular complexity index is 87.3. The van der Waals surface area contributed by atoms with Crippen LogP contribution in [0.1, 0.15) is 39.0 Å². The average Bonchev–Trinajstić information content (AvgIpc) is 2.21. The van der Waals surface area contributed by atoms with E-state index in [1.165, 1.54) is 32.1 Å². The first-order chi connectivity index (χ1) is 6.91. The summed E-state index contributed by atoms with van der Waals surface area (Å²) >= 11 is 0. The summed E-state index contributed by atoms with van der Waals surface area (Å²) in [5, 5.41) is 0. The predicted molar refractivity (Wildman–Crippen MR) is 59.5 cm³/mol. The second kappa shape index (κ2) is 12.9. The van der Waals surface area contributed by atoms with Crippen LogP contribution in [0.2, 0.25) is 0 Å². The van der Waals surface area contributed by atoms with Gasteiger partial charge in [-0.3, -0.25) is 0 Å². The Morgan fingerprint density at radius 2 is 1.43 bits per heavy atom. The van der Waals surface area contributed by atoms with Crippen LogP contribution in [0, 0.1) is 0 Å². The van der Waals surface area contributed by atoms with Crippen molar-refractivity contribution in [2.45, 2.75) is 39.0 Å². The molecule has 14 heavy (non-hydrogen) atoms. The summed E-state index contributed by atoms with van der Waals surface area (Å²) in [4.78, 5) is 0. The van der Waals surface area contributed by atoms with Crippen molar-refractivity contribution in [2.24, 2.45) is 5.73 Å². The number of hydrogen-bond donors (Lipinski definition) is 1. The van der Waals surface area contributed by atoms with Crippen molar-refractivity contribution in [1.29, 1.82) is 0 Å². The van der Waals surface area contributed by atoms with Crippen molar-refractivity contribution >= 4 is 0 Å². The number of hydrogen-bond acceptors (Lipinski definition) is 3. The SMILES string of the molecule is CCCCCCCOCCOCCN. The van der Waals surface area contributed by atoms with E-state index in [9.17, 15) is 0 Å². The van der Waals surface area contributed by atoms with E-state index in [0.717, 1.165) is 6.61 Å². The zero-order valence-corrected chi connectivity index (χ0v) is 9.46. The number of nitrogens with two attached hydrogens (primary N) is 1. The Hall–Kier alpha value is -0.120. The molecule has 86 valence electrons. The minimum atomic E-state index is 0.594. The van der Waals surface area contributed by atoms with Gasteiger partial charge in [-0.2, -0.15) is 0 Å². The smallest absolute Gasteiger partial charge is 0.0701 e. The highest BCUT2D eigenvalue weighted by atomic mass is 16.5. The third kappa shape index (κ3) is 11.9. The summed E-state index contributed by atoms with van der Waals surface area (Å²) in [5.41, 5.74) is 5.27. The maximum atomic E-state index is 5.39. The molecule has 0 fully saturated rings. The first kappa shape index (κ1) is 13.9. The fourth-order valence-corrected chi connectivity index (χ4v) is 1.21. The van der Waals surface area contributed by atoms with Gasteiger partial charge in [0.05, 0.1) is 19.8 Å². The molecule has 0 aromatic heterocycles. The van der Waals surface area contributed by atoms with Gasteiger partial charge in [-0.15, -0.1) is 0 Å². The van der Waals surface area contributed by atoms with Crippen molar-refractivity contribution < 1.29 is 9.47 Å². The molecule has 0 rings (SSSR count). The van der Waals surface area contributed by atoms with Crippen molar-refractivity contribution in [1.82, 2.24) is 0 Å². The number of rotatable bonds is 11. The monoisotopic (exact) mass is 203 g/mol. The van der Waals surface area contributed by atoms with Gasteiger partial charge in [0, 0.05) is 13.2 Å². The Morgan fingerprint density at radius 1 is 0.786 bits per heavy atom. The lowest BCUT2D eigenvalue weighted by molar-refractivity contribution is 0.0492. The highest BCUT2D eigenvalue weighted by Gasteiger charge is 1.90. The molecular weight excluding hydrogens is 178 g/mol. The van der Waals surface area contributed by atoms with E-state index in [2.05, 4.69) is 6.92 Å². The van der Waals surface area contributed by atoms with Crippen molar-refractivity contribution in [3.05, 3.63) is 0 Å². The fraction of sp³-hybridized carbons (Fsp3) is 1.00. The van der Waals surface area contributed by atoms with E-state index in [1.807, 2.05) is 0 Å². The molecule has 0 spiro atoms. The van der Waals surface area contributed by atoms with E-state index in [1.54, 1.807) is 0 Å². The van der Waals surface area contributed by atoms with Gasteiger partial charge in [0.2, 0.25) is 0 Å². The summed E-state index contributed by atoms with van der Waals surface area (Å²) in [7, 11) is 0. The van der Waals surface area contributed by atoms with E-state index in [4.69, 9.17) is 15.2 Å². The van der Waals surface area contributed by atoms with Crippen LogP contribution in [0.25, 0.3) is 0 Å². The van der Waals surface area contributed by atoms with Gasteiger partial charge in [-0.05, 0) is 6.42 Å². The van der Waals surface area contributed by atoms with Gasteiger partial charge in [0.15, 0.2) is 0 Å². The zero-order valence-electron chi connectivity index (χ0n) is 9.46. The molecule has 0 aromatic rings. The van der Waals surface area contributed by atoms with E-state index in [0.29, 0.717) is 26.4 Å². The highest BCUT2D eigenvalue weighted by molar-refractivity contribution is 4.41. The molecule has 0 heterocycles. The maximum Gasteiger partial charge on any atom is 0.0701 e. The minimum Gasteiger partial charge on any atom is -0.379 e. The molecule has 0 saturated heterocycles. The summed E-state index contributed by atoms with van der Waals surface area (Å²) in [6.07, 6.45) is 6.45. The second-order valence-electron chi connectivity index (χ2n) is 3.43. The minimum absolute atomic E-state index is 0.594. The molecule has 0 bridgehead atoms. The van der Waals surface area contributed by atoms with E-state index >= 15 is 0 Å². The van der Waals surface area contributed by atoms with E-state index < -0.39 is 0 Å². The Morgan fingerprint density at radius 3 is 2.07 bits per heavy atom. The van der Waals surface area contributed by atoms with Crippen molar-refractivity contribution in [3.8, 4) is 0 Å². The topological polar surface area (TPSA) is 44.5 Å². The predicted octanol–water partition coefficient (Wildman–Crippen LogP) is 1.95. The molecule has 0 atom stereocenters. The lowest BCUT2D eigenvalue weighted by Crippen LogP contribution is -2.12. The van der Waals surface area contributed by atoms with Crippen LogP contribution in [0.3, 0.4) is 0 Å². The zero-order chi connectivity index (χ0) is 10.5. The quantitative estimate of drug-likeness (QED) is 0.522. The Balaban J connectivity index is 2.78. The van der Waals surface area contributed by atoms with E-state index in [-0.39, 0.29) is 0 Å². The first-order valence-electron chi connectivity index (χ1n) is 5.77. The Kier molecular flexibility index (Phi) is 12.8. The lowest BCUT2D eigenvalue weighted by Gasteiger charge is -2.04. The lowest BCUT2D eigenvalue weighted by atomic mass is 10.2. The van der Waals surface area contributed by atoms with Crippen LogP contribution in [0.4, 0.5) is 0 Å². The normalized spacial score (nSPS) is 10.7. The molecule has 0 radical (unpaired) electrons. The maximum absolute atomic E-state index is 5.39. The molecule has 3 heteroatoms. The summed E-state index contributed by atoms with van der Waals surface area (Å²) < 4.78 is 10.6. The Labute approximate surface area is 88.0 Å². The molecule has 0 aromatic carbocycles. The van der Waals surface area contributed by atoms with Gasteiger partial charge in [-0.25, -0.2) is 0 Å². The van der Waals surface area contributed by atoms with Gasteiger partial charge < -0.3 is 15.2 Å². The summed E-state index contributed by atoms with van der Waals surface area (Å²) in [6, 6.07) is 0. The number of ether oxygens (including phenoxy) is 2. The molecule has 0 saturated carbocycles. The summed E-state index contributed by atoms with van der Waals surface area (Å²) in [5.74, 6) is 0. The third-order valence-corrected chi connectivity index (χ3v) is 2.03. The molecule has 0 aliphatic rings. The van der Waals surface area contributed by atoms with Crippen LogP contribution in [0.5, 0.6) is 0 Å². The summed E-state index contributed by atoms with van der Waals surface area (Å²) in [6.45, 7) is 5.71. The van der Waals surface area contributed by atoms with Crippen LogP contribution in [-0.4, -0.2) is 33.0 Å². The molecule has 3 nitrogen and oxygen atoms in total. The highest BCUT2D eigenvalue weighted by Crippen LogP contribution is 2.01. The molecular formula is C11H25NO2. The van der Waals surface area contributed by atoms with Crippen LogP contribution >= 0.6 is 0 Å². The largest absolute Gasteiger partial charge is 0.379 e.